The molecule has 1 aliphatic rings. The number of amides is 2. The molecule has 0 bridgehead atoms. The summed E-state index contributed by atoms with van der Waals surface area (Å²) in [5.74, 6) is -0.0925. The van der Waals surface area contributed by atoms with E-state index in [0.717, 1.165) is 12.0 Å². The number of nitrogens with one attached hydrogen (secondary N) is 1. The van der Waals surface area contributed by atoms with Crippen molar-refractivity contribution in [3.8, 4) is 0 Å². The molecule has 0 saturated carbocycles. The Balaban J connectivity index is 2.22. The first-order valence-corrected chi connectivity index (χ1v) is 7.53. The summed E-state index contributed by atoms with van der Waals surface area (Å²) in [4.78, 5) is 26.3. The van der Waals surface area contributed by atoms with Gasteiger partial charge in [0.25, 0.3) is 0 Å². The molecular weight excluding hydrogens is 264 g/mol. The van der Waals surface area contributed by atoms with Crippen molar-refractivity contribution in [2.45, 2.75) is 58.7 Å². The molecule has 0 spiro atoms. The lowest BCUT2D eigenvalue weighted by atomic mass is 10.0. The Bertz CT molecular complexity index is 534. The number of nitrogens with zero attached hydrogens (tertiary/aromatic N) is 1. The van der Waals surface area contributed by atoms with Crippen molar-refractivity contribution >= 4 is 11.8 Å². The SMILES string of the molecule is CCc1ccc(CN2C(=O)C(C)(C)NC(=O)CC2C)cc1. The first kappa shape index (κ1) is 15.5. The van der Waals surface area contributed by atoms with Crippen LogP contribution in [0.5, 0.6) is 0 Å². The fraction of sp³-hybridized carbons (Fsp3) is 0.529. The summed E-state index contributed by atoms with van der Waals surface area (Å²) in [5.41, 5.74) is 1.54. The summed E-state index contributed by atoms with van der Waals surface area (Å²) in [5, 5.41) is 2.80. The number of benzene rings is 1. The van der Waals surface area contributed by atoms with Crippen LogP contribution in [0.2, 0.25) is 0 Å². The minimum absolute atomic E-state index is 0.0274. The quantitative estimate of drug-likeness (QED) is 0.927. The van der Waals surface area contributed by atoms with E-state index in [2.05, 4.69) is 36.5 Å². The van der Waals surface area contributed by atoms with E-state index >= 15 is 0 Å². The molecule has 1 saturated heterocycles. The molecule has 114 valence electrons. The molecule has 1 atom stereocenters. The summed E-state index contributed by atoms with van der Waals surface area (Å²) in [6.07, 6.45) is 1.35. The second-order valence-corrected chi connectivity index (χ2v) is 6.33. The molecule has 1 aromatic carbocycles. The second-order valence-electron chi connectivity index (χ2n) is 6.33. The topological polar surface area (TPSA) is 49.4 Å². The Morgan fingerprint density at radius 2 is 1.76 bits per heavy atom. The minimum atomic E-state index is -0.842. The van der Waals surface area contributed by atoms with Crippen LogP contribution in [-0.4, -0.2) is 28.3 Å². The van der Waals surface area contributed by atoms with Gasteiger partial charge in [0.15, 0.2) is 0 Å². The molecular formula is C17H24N2O2. The number of aryl methyl sites for hydroxylation is 1. The van der Waals surface area contributed by atoms with Gasteiger partial charge in [-0.1, -0.05) is 31.2 Å². The van der Waals surface area contributed by atoms with E-state index < -0.39 is 5.54 Å². The van der Waals surface area contributed by atoms with Crippen LogP contribution in [0.15, 0.2) is 24.3 Å². The first-order valence-electron chi connectivity index (χ1n) is 7.53. The maximum Gasteiger partial charge on any atom is 0.248 e. The number of carbonyl (C=O) groups excluding carboxylic acids is 2. The predicted molar refractivity (Wildman–Crippen MR) is 82.7 cm³/mol. The van der Waals surface area contributed by atoms with Crippen molar-refractivity contribution < 1.29 is 9.59 Å². The summed E-state index contributed by atoms with van der Waals surface area (Å²) < 4.78 is 0. The highest BCUT2D eigenvalue weighted by atomic mass is 16.2. The molecule has 1 fully saturated rings. The fourth-order valence-corrected chi connectivity index (χ4v) is 2.70. The fourth-order valence-electron chi connectivity index (χ4n) is 2.70. The van der Waals surface area contributed by atoms with Gasteiger partial charge in [0.05, 0.1) is 0 Å². The molecule has 0 aliphatic carbocycles. The Labute approximate surface area is 126 Å². The third-order valence-electron chi connectivity index (χ3n) is 4.04. The highest BCUT2D eigenvalue weighted by Gasteiger charge is 2.39. The number of hydrogen-bond acceptors (Lipinski definition) is 2. The molecule has 0 radical (unpaired) electrons. The second kappa shape index (κ2) is 5.88. The first-order chi connectivity index (χ1) is 9.83. The van der Waals surface area contributed by atoms with Gasteiger partial charge in [-0.15, -0.1) is 0 Å². The zero-order valence-electron chi connectivity index (χ0n) is 13.3. The van der Waals surface area contributed by atoms with Gasteiger partial charge in [-0.05, 0) is 38.3 Å². The van der Waals surface area contributed by atoms with Gasteiger partial charge in [-0.25, -0.2) is 0 Å². The van der Waals surface area contributed by atoms with Gasteiger partial charge in [-0.3, -0.25) is 9.59 Å². The molecule has 4 nitrogen and oxygen atoms in total. The smallest absolute Gasteiger partial charge is 0.248 e. The molecule has 2 amide bonds. The van der Waals surface area contributed by atoms with Gasteiger partial charge in [-0.2, -0.15) is 0 Å². The van der Waals surface area contributed by atoms with Gasteiger partial charge >= 0.3 is 0 Å². The van der Waals surface area contributed by atoms with Crippen molar-refractivity contribution in [2.24, 2.45) is 0 Å². The van der Waals surface area contributed by atoms with Crippen LogP contribution in [0.1, 0.15) is 45.2 Å². The number of hydrogen-bond donors (Lipinski definition) is 1. The molecule has 2 rings (SSSR count). The molecule has 0 aromatic heterocycles. The zero-order chi connectivity index (χ0) is 15.6. The Morgan fingerprint density at radius 3 is 2.33 bits per heavy atom. The van der Waals surface area contributed by atoms with Crippen LogP contribution in [0.25, 0.3) is 0 Å². The van der Waals surface area contributed by atoms with Crippen LogP contribution in [0.3, 0.4) is 0 Å². The lowest BCUT2D eigenvalue weighted by Crippen LogP contribution is -2.53. The average Bonchev–Trinajstić information content (AvgIpc) is 2.49. The van der Waals surface area contributed by atoms with E-state index in [4.69, 9.17) is 0 Å². The largest absolute Gasteiger partial charge is 0.342 e. The molecule has 1 unspecified atom stereocenters. The lowest BCUT2D eigenvalue weighted by Gasteiger charge is -2.32. The zero-order valence-corrected chi connectivity index (χ0v) is 13.3. The van der Waals surface area contributed by atoms with Crippen molar-refractivity contribution in [3.05, 3.63) is 35.4 Å². The van der Waals surface area contributed by atoms with E-state index in [9.17, 15) is 9.59 Å². The highest BCUT2D eigenvalue weighted by molar-refractivity contribution is 5.93. The van der Waals surface area contributed by atoms with Crippen LogP contribution in [0.4, 0.5) is 0 Å². The molecule has 1 aliphatic heterocycles. The van der Waals surface area contributed by atoms with E-state index in [1.165, 1.54) is 5.56 Å². The Morgan fingerprint density at radius 1 is 1.19 bits per heavy atom. The van der Waals surface area contributed by atoms with Crippen LogP contribution < -0.4 is 5.32 Å². The van der Waals surface area contributed by atoms with E-state index in [1.54, 1.807) is 18.7 Å². The third kappa shape index (κ3) is 3.43. The minimum Gasteiger partial charge on any atom is -0.342 e. The van der Waals surface area contributed by atoms with Gasteiger partial charge in [0.1, 0.15) is 5.54 Å². The monoisotopic (exact) mass is 288 g/mol. The van der Waals surface area contributed by atoms with E-state index in [-0.39, 0.29) is 17.9 Å². The number of rotatable bonds is 3. The Kier molecular flexibility index (Phi) is 4.35. The van der Waals surface area contributed by atoms with Gasteiger partial charge < -0.3 is 10.2 Å². The standard InChI is InChI=1S/C17H24N2O2/c1-5-13-6-8-14(9-7-13)11-19-12(2)10-15(20)18-17(3,4)16(19)21/h6-9,12H,5,10-11H2,1-4H3,(H,18,20). The number of carbonyl (C=O) groups is 2. The van der Waals surface area contributed by atoms with Crippen molar-refractivity contribution in [2.75, 3.05) is 0 Å². The third-order valence-corrected chi connectivity index (χ3v) is 4.04. The maximum absolute atomic E-state index is 12.7. The lowest BCUT2D eigenvalue weighted by molar-refractivity contribution is -0.139. The molecule has 4 heteroatoms. The van der Waals surface area contributed by atoms with Crippen LogP contribution >= 0.6 is 0 Å². The van der Waals surface area contributed by atoms with Gasteiger partial charge in [0, 0.05) is 19.0 Å². The van der Waals surface area contributed by atoms with Crippen LogP contribution in [-0.2, 0) is 22.6 Å². The maximum atomic E-state index is 12.7. The molecule has 1 N–H and O–H groups in total. The molecule has 1 heterocycles. The average molecular weight is 288 g/mol. The molecule has 21 heavy (non-hydrogen) atoms. The van der Waals surface area contributed by atoms with E-state index in [0.29, 0.717) is 13.0 Å². The van der Waals surface area contributed by atoms with Crippen LogP contribution in [0, 0.1) is 0 Å². The Hall–Kier alpha value is -1.84. The van der Waals surface area contributed by atoms with E-state index in [1.807, 2.05) is 6.92 Å². The summed E-state index contributed by atoms with van der Waals surface area (Å²) in [6, 6.07) is 8.22. The highest BCUT2D eigenvalue weighted by Crippen LogP contribution is 2.21. The summed E-state index contributed by atoms with van der Waals surface area (Å²) in [7, 11) is 0. The predicted octanol–water partition coefficient (Wildman–Crippen LogP) is 2.26. The normalized spacial score (nSPS) is 21.9. The molecule has 1 aromatic rings. The van der Waals surface area contributed by atoms with Gasteiger partial charge in [0.2, 0.25) is 11.8 Å². The van der Waals surface area contributed by atoms with Crippen molar-refractivity contribution in [3.63, 3.8) is 0 Å². The summed E-state index contributed by atoms with van der Waals surface area (Å²) in [6.45, 7) is 8.12. The van der Waals surface area contributed by atoms with Crippen molar-refractivity contribution in [1.82, 2.24) is 10.2 Å². The van der Waals surface area contributed by atoms with Crippen molar-refractivity contribution in [1.29, 1.82) is 0 Å². The summed E-state index contributed by atoms with van der Waals surface area (Å²) >= 11 is 0.